The van der Waals surface area contributed by atoms with Crippen molar-refractivity contribution in [1.82, 2.24) is 0 Å². The lowest BCUT2D eigenvalue weighted by Gasteiger charge is -2.27. The molecule has 1 heterocycles. The zero-order valence-corrected chi connectivity index (χ0v) is 9.36. The largest absolute Gasteiger partial charge is 0.485 e. The first-order valence-corrected chi connectivity index (χ1v) is 5.14. The molecule has 16 heavy (non-hydrogen) atoms. The first-order chi connectivity index (χ1) is 7.70. The minimum atomic E-state index is -0.332. The van der Waals surface area contributed by atoms with Crippen LogP contribution in [0.2, 0.25) is 0 Å². The number of rotatable bonds is 3. The summed E-state index contributed by atoms with van der Waals surface area (Å²) < 4.78 is 15.3. The van der Waals surface area contributed by atoms with E-state index in [-0.39, 0.29) is 12.1 Å². The van der Waals surface area contributed by atoms with Crippen LogP contribution in [0.3, 0.4) is 0 Å². The van der Waals surface area contributed by atoms with E-state index < -0.39 is 0 Å². The summed E-state index contributed by atoms with van der Waals surface area (Å²) in [6, 6.07) is 5.26. The summed E-state index contributed by atoms with van der Waals surface area (Å²) in [5, 5.41) is 0. The van der Waals surface area contributed by atoms with Crippen LogP contribution in [0.4, 0.5) is 0 Å². The molecule has 2 rings (SSSR count). The number of methoxy groups -OCH3 is 1. The van der Waals surface area contributed by atoms with Gasteiger partial charge < -0.3 is 14.2 Å². The Kier molecular flexibility index (Phi) is 3.10. The Morgan fingerprint density at radius 1 is 1.44 bits per heavy atom. The summed E-state index contributed by atoms with van der Waals surface area (Å²) in [7, 11) is 1.37. The molecule has 4 heteroatoms. The highest BCUT2D eigenvalue weighted by Gasteiger charge is 2.21. The molecule has 0 aromatic heterocycles. The summed E-state index contributed by atoms with van der Waals surface area (Å²) >= 11 is 0. The molecular weight excluding hydrogens is 208 g/mol. The summed E-state index contributed by atoms with van der Waals surface area (Å²) in [6.45, 7) is 3.18. The number of carbonyl (C=O) groups excluding carboxylic acids is 1. The zero-order valence-electron chi connectivity index (χ0n) is 9.36. The lowest BCUT2D eigenvalue weighted by molar-refractivity contribution is -0.0799. The van der Waals surface area contributed by atoms with Crippen LogP contribution >= 0.6 is 0 Å². The average molecular weight is 222 g/mol. The zero-order chi connectivity index (χ0) is 11.5. The van der Waals surface area contributed by atoms with Crippen molar-refractivity contribution < 1.29 is 19.0 Å². The number of carbonyl (C=O) groups is 1. The normalized spacial score (nSPS) is 15.4. The van der Waals surface area contributed by atoms with Crippen LogP contribution in [0, 0.1) is 6.92 Å². The van der Waals surface area contributed by atoms with Crippen molar-refractivity contribution in [3.63, 3.8) is 0 Å². The van der Waals surface area contributed by atoms with Crippen LogP contribution in [0.5, 0.6) is 5.75 Å². The summed E-state index contributed by atoms with van der Waals surface area (Å²) in [6.07, 6.45) is 0.141. The average Bonchev–Trinajstić information content (AvgIpc) is 2.23. The minimum absolute atomic E-state index is 0.141. The molecule has 1 saturated heterocycles. The van der Waals surface area contributed by atoms with Gasteiger partial charge in [0.2, 0.25) is 0 Å². The van der Waals surface area contributed by atoms with Crippen molar-refractivity contribution in [1.29, 1.82) is 0 Å². The molecule has 1 aromatic rings. The van der Waals surface area contributed by atoms with E-state index in [2.05, 4.69) is 4.74 Å². The van der Waals surface area contributed by atoms with E-state index in [4.69, 9.17) is 9.47 Å². The first-order valence-electron chi connectivity index (χ1n) is 5.14. The van der Waals surface area contributed by atoms with Gasteiger partial charge in [0, 0.05) is 0 Å². The SMILES string of the molecule is COC(=O)c1ccc(OC2COC2)c(C)c1. The van der Waals surface area contributed by atoms with Crippen molar-refractivity contribution in [2.75, 3.05) is 20.3 Å². The highest BCUT2D eigenvalue weighted by atomic mass is 16.6. The Labute approximate surface area is 94.1 Å². The molecule has 86 valence electrons. The number of hydrogen-bond donors (Lipinski definition) is 0. The molecule has 1 fully saturated rings. The van der Waals surface area contributed by atoms with Gasteiger partial charge in [-0.15, -0.1) is 0 Å². The third-order valence-corrected chi connectivity index (χ3v) is 2.50. The van der Waals surface area contributed by atoms with E-state index in [9.17, 15) is 4.79 Å². The van der Waals surface area contributed by atoms with Gasteiger partial charge in [0.15, 0.2) is 0 Å². The predicted molar refractivity (Wildman–Crippen MR) is 57.8 cm³/mol. The van der Waals surface area contributed by atoms with Gasteiger partial charge in [0.1, 0.15) is 11.9 Å². The molecule has 0 amide bonds. The van der Waals surface area contributed by atoms with Crippen LogP contribution in [0.15, 0.2) is 18.2 Å². The molecule has 1 aliphatic rings. The summed E-state index contributed by atoms with van der Waals surface area (Å²) in [4.78, 5) is 11.3. The Hall–Kier alpha value is -1.55. The maximum atomic E-state index is 11.3. The second-order valence-electron chi connectivity index (χ2n) is 3.75. The number of esters is 1. The van der Waals surface area contributed by atoms with E-state index >= 15 is 0 Å². The Morgan fingerprint density at radius 2 is 2.19 bits per heavy atom. The van der Waals surface area contributed by atoms with Crippen LogP contribution in [-0.2, 0) is 9.47 Å². The standard InChI is InChI=1S/C12H14O4/c1-8-5-9(12(13)14-2)3-4-11(8)16-10-6-15-7-10/h3-5,10H,6-7H2,1-2H3. The highest BCUT2D eigenvalue weighted by molar-refractivity contribution is 5.89. The van der Waals surface area contributed by atoms with Gasteiger partial charge in [0.05, 0.1) is 25.9 Å². The number of benzene rings is 1. The fourth-order valence-electron chi connectivity index (χ4n) is 1.49. The molecule has 0 bridgehead atoms. The van der Waals surface area contributed by atoms with Crippen LogP contribution in [0.1, 0.15) is 15.9 Å². The molecule has 0 radical (unpaired) electrons. The van der Waals surface area contributed by atoms with E-state index in [1.54, 1.807) is 18.2 Å². The van der Waals surface area contributed by atoms with E-state index in [1.807, 2.05) is 6.92 Å². The fourth-order valence-corrected chi connectivity index (χ4v) is 1.49. The maximum Gasteiger partial charge on any atom is 0.337 e. The molecular formula is C12H14O4. The first kappa shape index (κ1) is 11.0. The van der Waals surface area contributed by atoms with Crippen molar-refractivity contribution in [3.05, 3.63) is 29.3 Å². The van der Waals surface area contributed by atoms with E-state index in [0.29, 0.717) is 18.8 Å². The third kappa shape index (κ3) is 2.17. The number of ether oxygens (including phenoxy) is 3. The lowest BCUT2D eigenvalue weighted by atomic mass is 10.1. The molecule has 1 aromatic carbocycles. The van der Waals surface area contributed by atoms with Crippen LogP contribution in [-0.4, -0.2) is 32.4 Å². The highest BCUT2D eigenvalue weighted by Crippen LogP contribution is 2.22. The quantitative estimate of drug-likeness (QED) is 0.728. The molecule has 0 N–H and O–H groups in total. The van der Waals surface area contributed by atoms with Crippen molar-refractivity contribution in [2.45, 2.75) is 13.0 Å². The van der Waals surface area contributed by atoms with Crippen molar-refractivity contribution >= 4 is 5.97 Å². The van der Waals surface area contributed by atoms with Crippen molar-refractivity contribution in [2.24, 2.45) is 0 Å². The monoisotopic (exact) mass is 222 g/mol. The maximum absolute atomic E-state index is 11.3. The van der Waals surface area contributed by atoms with Gasteiger partial charge in [-0.2, -0.15) is 0 Å². The molecule has 0 saturated carbocycles. The van der Waals surface area contributed by atoms with Crippen molar-refractivity contribution in [3.8, 4) is 5.75 Å². The van der Waals surface area contributed by atoms with E-state index in [1.165, 1.54) is 7.11 Å². The van der Waals surface area contributed by atoms with Gasteiger partial charge in [-0.1, -0.05) is 0 Å². The number of hydrogen-bond acceptors (Lipinski definition) is 4. The minimum Gasteiger partial charge on any atom is -0.485 e. The predicted octanol–water partition coefficient (Wildman–Crippen LogP) is 1.56. The van der Waals surface area contributed by atoms with Gasteiger partial charge >= 0.3 is 5.97 Å². The number of aryl methyl sites for hydroxylation is 1. The van der Waals surface area contributed by atoms with Crippen LogP contribution < -0.4 is 4.74 Å². The smallest absolute Gasteiger partial charge is 0.337 e. The second kappa shape index (κ2) is 4.53. The summed E-state index contributed by atoms with van der Waals surface area (Å²) in [5.41, 5.74) is 1.46. The molecule has 0 aliphatic carbocycles. The van der Waals surface area contributed by atoms with E-state index in [0.717, 1.165) is 11.3 Å². The topological polar surface area (TPSA) is 44.8 Å². The molecule has 0 spiro atoms. The fraction of sp³-hybridized carbons (Fsp3) is 0.417. The van der Waals surface area contributed by atoms with Gasteiger partial charge in [-0.3, -0.25) is 0 Å². The summed E-state index contributed by atoms with van der Waals surface area (Å²) in [5.74, 6) is 0.461. The molecule has 0 unspecified atom stereocenters. The molecule has 0 atom stereocenters. The molecule has 1 aliphatic heterocycles. The van der Waals surface area contributed by atoms with Gasteiger partial charge in [-0.05, 0) is 30.7 Å². The van der Waals surface area contributed by atoms with Gasteiger partial charge in [-0.25, -0.2) is 4.79 Å². The Bertz CT molecular complexity index is 396. The third-order valence-electron chi connectivity index (χ3n) is 2.50. The van der Waals surface area contributed by atoms with Crippen LogP contribution in [0.25, 0.3) is 0 Å². The Morgan fingerprint density at radius 3 is 2.69 bits per heavy atom. The molecule has 4 nitrogen and oxygen atoms in total. The Balaban J connectivity index is 2.12. The van der Waals surface area contributed by atoms with Gasteiger partial charge in [0.25, 0.3) is 0 Å². The second-order valence-corrected chi connectivity index (χ2v) is 3.75. The lowest BCUT2D eigenvalue weighted by Crippen LogP contribution is -2.38.